The van der Waals surface area contributed by atoms with Gasteiger partial charge in [-0.3, -0.25) is 0 Å². The molecule has 1 fully saturated rings. The number of aryl methyl sites for hydroxylation is 2. The van der Waals surface area contributed by atoms with Gasteiger partial charge in [0.2, 0.25) is 0 Å². The SMILES string of the molecule is Cc1cc(C2COC(=O)N2)cc(C)c1Br. The van der Waals surface area contributed by atoms with E-state index < -0.39 is 0 Å². The zero-order valence-electron chi connectivity index (χ0n) is 8.63. The van der Waals surface area contributed by atoms with Crippen LogP contribution in [0.1, 0.15) is 22.7 Å². The Hall–Kier alpha value is -1.03. The highest BCUT2D eigenvalue weighted by Crippen LogP contribution is 2.27. The normalized spacial score (nSPS) is 19.9. The van der Waals surface area contributed by atoms with Crippen molar-refractivity contribution in [3.8, 4) is 0 Å². The number of ether oxygens (including phenoxy) is 1. The Bertz CT molecular complexity index is 394. The van der Waals surface area contributed by atoms with Crippen LogP contribution in [0.3, 0.4) is 0 Å². The average molecular weight is 270 g/mol. The Balaban J connectivity index is 2.33. The van der Waals surface area contributed by atoms with Crippen molar-refractivity contribution in [3.05, 3.63) is 33.3 Å². The zero-order chi connectivity index (χ0) is 11.0. The van der Waals surface area contributed by atoms with Crippen molar-refractivity contribution in [1.82, 2.24) is 5.32 Å². The Morgan fingerprint density at radius 3 is 2.47 bits per heavy atom. The molecule has 2 rings (SSSR count). The maximum Gasteiger partial charge on any atom is 0.407 e. The number of alkyl carbamates (subject to hydrolysis) is 1. The van der Waals surface area contributed by atoms with Crippen molar-refractivity contribution in [3.63, 3.8) is 0 Å². The molecule has 1 saturated heterocycles. The molecule has 1 atom stereocenters. The molecule has 1 unspecified atom stereocenters. The highest BCUT2D eigenvalue weighted by atomic mass is 79.9. The lowest BCUT2D eigenvalue weighted by molar-refractivity contribution is 0.177. The number of carbonyl (C=O) groups excluding carboxylic acids is 1. The number of benzene rings is 1. The number of halogens is 1. The molecule has 1 aliphatic heterocycles. The predicted octanol–water partition coefficient (Wildman–Crippen LogP) is 2.85. The standard InChI is InChI=1S/C11H12BrNO2/c1-6-3-8(4-7(2)10(6)12)9-5-15-11(14)13-9/h3-4,9H,5H2,1-2H3,(H,13,14). The minimum atomic E-state index is -0.335. The lowest BCUT2D eigenvalue weighted by Crippen LogP contribution is -2.18. The van der Waals surface area contributed by atoms with E-state index in [1.807, 2.05) is 13.8 Å². The lowest BCUT2D eigenvalue weighted by atomic mass is 10.0. The summed E-state index contributed by atoms with van der Waals surface area (Å²) in [6, 6.07) is 4.12. The Labute approximate surface area is 96.9 Å². The predicted molar refractivity (Wildman–Crippen MR) is 60.8 cm³/mol. The minimum absolute atomic E-state index is 0.0111. The quantitative estimate of drug-likeness (QED) is 0.852. The first-order valence-corrected chi connectivity index (χ1v) is 5.57. The van der Waals surface area contributed by atoms with Crippen LogP contribution >= 0.6 is 15.9 Å². The van der Waals surface area contributed by atoms with Gasteiger partial charge in [-0.25, -0.2) is 4.79 Å². The number of cyclic esters (lactones) is 1. The molecule has 4 heteroatoms. The molecule has 1 aromatic rings. The third-order valence-electron chi connectivity index (χ3n) is 2.53. The van der Waals surface area contributed by atoms with E-state index in [0.717, 1.165) is 10.0 Å². The van der Waals surface area contributed by atoms with Gasteiger partial charge in [0.05, 0.1) is 6.04 Å². The number of carbonyl (C=O) groups is 1. The van der Waals surface area contributed by atoms with Crippen LogP contribution in [0.15, 0.2) is 16.6 Å². The number of rotatable bonds is 1. The average Bonchev–Trinajstić information content (AvgIpc) is 2.60. The van der Waals surface area contributed by atoms with Crippen LogP contribution in [0.5, 0.6) is 0 Å². The van der Waals surface area contributed by atoms with E-state index in [9.17, 15) is 4.79 Å². The Kier molecular flexibility index (Phi) is 2.69. The van der Waals surface area contributed by atoms with E-state index >= 15 is 0 Å². The van der Waals surface area contributed by atoms with E-state index in [1.165, 1.54) is 11.1 Å². The van der Waals surface area contributed by atoms with Gasteiger partial charge in [0.15, 0.2) is 0 Å². The number of nitrogens with one attached hydrogen (secondary N) is 1. The van der Waals surface area contributed by atoms with Crippen LogP contribution in [0, 0.1) is 13.8 Å². The van der Waals surface area contributed by atoms with Gasteiger partial charge in [0.1, 0.15) is 6.61 Å². The largest absolute Gasteiger partial charge is 0.447 e. The van der Waals surface area contributed by atoms with E-state index in [-0.39, 0.29) is 12.1 Å². The fraction of sp³-hybridized carbons (Fsp3) is 0.364. The van der Waals surface area contributed by atoms with Crippen LogP contribution in [-0.4, -0.2) is 12.7 Å². The van der Waals surface area contributed by atoms with Crippen LogP contribution in [0.4, 0.5) is 4.79 Å². The van der Waals surface area contributed by atoms with Gasteiger partial charge in [-0.15, -0.1) is 0 Å². The number of hydrogen-bond acceptors (Lipinski definition) is 2. The summed E-state index contributed by atoms with van der Waals surface area (Å²) in [5.41, 5.74) is 3.44. The van der Waals surface area contributed by atoms with Gasteiger partial charge in [-0.1, -0.05) is 28.1 Å². The molecular weight excluding hydrogens is 258 g/mol. The van der Waals surface area contributed by atoms with E-state index in [2.05, 4.69) is 33.4 Å². The minimum Gasteiger partial charge on any atom is -0.447 e. The number of hydrogen-bond donors (Lipinski definition) is 1. The summed E-state index contributed by atoms with van der Waals surface area (Å²) >= 11 is 3.52. The molecule has 0 aromatic heterocycles. The second-order valence-corrected chi connectivity index (χ2v) is 4.56. The molecule has 0 radical (unpaired) electrons. The topological polar surface area (TPSA) is 38.3 Å². The molecule has 1 amide bonds. The summed E-state index contributed by atoms with van der Waals surface area (Å²) in [6.45, 7) is 4.50. The summed E-state index contributed by atoms with van der Waals surface area (Å²) in [5.74, 6) is 0. The van der Waals surface area contributed by atoms with E-state index in [1.54, 1.807) is 0 Å². The molecule has 1 aliphatic rings. The van der Waals surface area contributed by atoms with Crippen molar-refractivity contribution in [2.75, 3.05) is 6.61 Å². The van der Waals surface area contributed by atoms with Gasteiger partial charge in [0.25, 0.3) is 0 Å². The van der Waals surface area contributed by atoms with Gasteiger partial charge in [0, 0.05) is 4.47 Å². The second-order valence-electron chi connectivity index (χ2n) is 3.76. The van der Waals surface area contributed by atoms with Gasteiger partial charge in [-0.2, -0.15) is 0 Å². The summed E-state index contributed by atoms with van der Waals surface area (Å²) in [4.78, 5) is 10.9. The lowest BCUT2D eigenvalue weighted by Gasteiger charge is -2.11. The van der Waals surface area contributed by atoms with Crippen molar-refractivity contribution >= 4 is 22.0 Å². The molecule has 80 valence electrons. The third kappa shape index (κ3) is 2.00. The molecule has 1 heterocycles. The van der Waals surface area contributed by atoms with Crippen LogP contribution in [0.2, 0.25) is 0 Å². The van der Waals surface area contributed by atoms with Gasteiger partial charge in [-0.05, 0) is 30.5 Å². The van der Waals surface area contributed by atoms with Gasteiger partial charge < -0.3 is 10.1 Å². The highest BCUT2D eigenvalue weighted by Gasteiger charge is 2.24. The monoisotopic (exact) mass is 269 g/mol. The fourth-order valence-electron chi connectivity index (χ4n) is 1.74. The van der Waals surface area contributed by atoms with Crippen molar-refractivity contribution in [1.29, 1.82) is 0 Å². The molecule has 1 N–H and O–H groups in total. The van der Waals surface area contributed by atoms with Crippen molar-refractivity contribution in [2.45, 2.75) is 19.9 Å². The number of amides is 1. The van der Waals surface area contributed by atoms with Crippen LogP contribution in [0.25, 0.3) is 0 Å². The maximum atomic E-state index is 10.9. The summed E-state index contributed by atoms with van der Waals surface area (Å²) in [6.07, 6.45) is -0.335. The van der Waals surface area contributed by atoms with Crippen LogP contribution in [-0.2, 0) is 4.74 Å². The molecule has 15 heavy (non-hydrogen) atoms. The summed E-state index contributed by atoms with van der Waals surface area (Å²) in [7, 11) is 0. The smallest absolute Gasteiger partial charge is 0.407 e. The highest BCUT2D eigenvalue weighted by molar-refractivity contribution is 9.10. The Morgan fingerprint density at radius 2 is 2.00 bits per heavy atom. The molecule has 0 saturated carbocycles. The third-order valence-corrected chi connectivity index (χ3v) is 3.79. The van der Waals surface area contributed by atoms with Crippen molar-refractivity contribution < 1.29 is 9.53 Å². The summed E-state index contributed by atoms with van der Waals surface area (Å²) < 4.78 is 5.99. The van der Waals surface area contributed by atoms with E-state index in [0.29, 0.717) is 6.61 Å². The fourth-order valence-corrected chi connectivity index (χ4v) is 1.97. The first kappa shape index (κ1) is 10.5. The second kappa shape index (κ2) is 3.85. The molecule has 0 aliphatic carbocycles. The molecule has 3 nitrogen and oxygen atoms in total. The molecule has 0 spiro atoms. The van der Waals surface area contributed by atoms with Crippen molar-refractivity contribution in [2.24, 2.45) is 0 Å². The van der Waals surface area contributed by atoms with Crippen LogP contribution < -0.4 is 5.32 Å². The van der Waals surface area contributed by atoms with Gasteiger partial charge >= 0.3 is 6.09 Å². The molecule has 0 bridgehead atoms. The molecular formula is C11H12BrNO2. The zero-order valence-corrected chi connectivity index (χ0v) is 10.2. The van der Waals surface area contributed by atoms with E-state index in [4.69, 9.17) is 4.74 Å². The first-order valence-electron chi connectivity index (χ1n) is 4.78. The Morgan fingerprint density at radius 1 is 1.40 bits per heavy atom. The summed E-state index contributed by atoms with van der Waals surface area (Å²) in [5, 5.41) is 2.77. The molecule has 1 aromatic carbocycles. The maximum absolute atomic E-state index is 10.9. The first-order chi connectivity index (χ1) is 7.08.